The van der Waals surface area contributed by atoms with Crippen LogP contribution in [0.1, 0.15) is 18.7 Å². The van der Waals surface area contributed by atoms with E-state index in [2.05, 4.69) is 15.9 Å². The summed E-state index contributed by atoms with van der Waals surface area (Å²) in [5.74, 6) is -0.804. The van der Waals surface area contributed by atoms with Crippen LogP contribution < -0.4 is 4.74 Å². The molecule has 0 aliphatic carbocycles. The number of thiophene rings is 1. The first kappa shape index (κ1) is 14.5. The number of aliphatic carboxylic acids is 1. The van der Waals surface area contributed by atoms with Crippen LogP contribution >= 0.6 is 27.3 Å². The molecule has 0 saturated carbocycles. The average molecular weight is 322 g/mol. The minimum atomic E-state index is -0.804. The van der Waals surface area contributed by atoms with Crippen molar-refractivity contribution < 1.29 is 14.6 Å². The molecule has 0 aromatic carbocycles. The second-order valence-corrected chi connectivity index (χ2v) is 5.90. The van der Waals surface area contributed by atoms with Crippen molar-refractivity contribution in [2.45, 2.75) is 26.4 Å². The van der Waals surface area contributed by atoms with Crippen molar-refractivity contribution >= 4 is 33.2 Å². The summed E-state index contributed by atoms with van der Waals surface area (Å²) < 4.78 is 6.10. The summed E-state index contributed by atoms with van der Waals surface area (Å²) in [6.07, 6.45) is 0. The first-order valence-electron chi connectivity index (χ1n) is 5.22. The van der Waals surface area contributed by atoms with Crippen molar-refractivity contribution in [3.63, 3.8) is 0 Å². The maximum absolute atomic E-state index is 10.8. The molecule has 1 aromatic rings. The SMILES string of the molecule is COc1sc(CN(CC(=O)O)C(C)C)cc1Br. The van der Waals surface area contributed by atoms with E-state index in [-0.39, 0.29) is 12.6 Å². The maximum Gasteiger partial charge on any atom is 0.317 e. The molecular weight excluding hydrogens is 306 g/mol. The lowest BCUT2D eigenvalue weighted by molar-refractivity contribution is -0.138. The summed E-state index contributed by atoms with van der Waals surface area (Å²) in [4.78, 5) is 13.8. The fourth-order valence-corrected chi connectivity index (χ4v) is 3.13. The predicted octanol–water partition coefficient (Wildman–Crippen LogP) is 2.81. The van der Waals surface area contributed by atoms with E-state index in [4.69, 9.17) is 9.84 Å². The van der Waals surface area contributed by atoms with Crippen LogP contribution in [0.2, 0.25) is 0 Å². The second kappa shape index (κ2) is 6.37. The molecule has 1 heterocycles. The Hall–Kier alpha value is -0.590. The number of hydrogen-bond donors (Lipinski definition) is 1. The summed E-state index contributed by atoms with van der Waals surface area (Å²) in [6, 6.07) is 2.17. The lowest BCUT2D eigenvalue weighted by Crippen LogP contribution is -2.34. The Bertz CT molecular complexity index is 392. The Labute approximate surface area is 113 Å². The van der Waals surface area contributed by atoms with Crippen molar-refractivity contribution in [1.82, 2.24) is 4.90 Å². The number of halogens is 1. The van der Waals surface area contributed by atoms with Crippen molar-refractivity contribution in [1.29, 1.82) is 0 Å². The summed E-state index contributed by atoms with van der Waals surface area (Å²) in [7, 11) is 1.62. The minimum absolute atomic E-state index is 0.0511. The number of nitrogens with zero attached hydrogens (tertiary/aromatic N) is 1. The number of carboxylic acid groups (broad SMARTS) is 1. The number of ether oxygens (including phenoxy) is 1. The van der Waals surface area contributed by atoms with Crippen LogP contribution in [0.25, 0.3) is 0 Å². The Balaban J connectivity index is 2.75. The molecule has 1 N–H and O–H groups in total. The number of carboxylic acids is 1. The predicted molar refractivity (Wildman–Crippen MR) is 71.8 cm³/mol. The van der Waals surface area contributed by atoms with Gasteiger partial charge in [-0.2, -0.15) is 0 Å². The lowest BCUT2D eigenvalue weighted by Gasteiger charge is -2.23. The first-order valence-corrected chi connectivity index (χ1v) is 6.83. The molecule has 4 nitrogen and oxygen atoms in total. The Morgan fingerprint density at radius 1 is 1.65 bits per heavy atom. The monoisotopic (exact) mass is 321 g/mol. The van der Waals surface area contributed by atoms with Gasteiger partial charge < -0.3 is 9.84 Å². The van der Waals surface area contributed by atoms with E-state index in [1.807, 2.05) is 24.8 Å². The molecule has 0 unspecified atom stereocenters. The fraction of sp³-hybridized carbons (Fsp3) is 0.545. The molecule has 1 aromatic heterocycles. The highest BCUT2D eigenvalue weighted by Gasteiger charge is 2.16. The number of hydrogen-bond acceptors (Lipinski definition) is 4. The van der Waals surface area contributed by atoms with Crippen molar-refractivity contribution in [2.24, 2.45) is 0 Å². The molecule has 0 amide bonds. The van der Waals surface area contributed by atoms with Crippen molar-refractivity contribution in [3.8, 4) is 5.06 Å². The molecule has 0 fully saturated rings. The van der Waals surface area contributed by atoms with E-state index in [1.165, 1.54) is 11.3 Å². The third-order valence-corrected chi connectivity index (χ3v) is 4.25. The normalized spacial score (nSPS) is 11.2. The van der Waals surface area contributed by atoms with Crippen LogP contribution in [0, 0.1) is 0 Å². The molecule has 1 rings (SSSR count). The second-order valence-electron chi connectivity index (χ2n) is 3.94. The van der Waals surface area contributed by atoms with Gasteiger partial charge in [-0.3, -0.25) is 9.69 Å². The molecule has 0 aliphatic heterocycles. The molecule has 0 bridgehead atoms. The number of carbonyl (C=O) groups is 1. The topological polar surface area (TPSA) is 49.8 Å². The third-order valence-electron chi connectivity index (χ3n) is 2.32. The van der Waals surface area contributed by atoms with Crippen molar-refractivity contribution in [3.05, 3.63) is 15.4 Å². The highest BCUT2D eigenvalue weighted by molar-refractivity contribution is 9.10. The minimum Gasteiger partial charge on any atom is -0.486 e. The van der Waals surface area contributed by atoms with Gasteiger partial charge in [0.25, 0.3) is 0 Å². The van der Waals surface area contributed by atoms with Crippen LogP contribution in [0.4, 0.5) is 0 Å². The molecule has 0 atom stereocenters. The Morgan fingerprint density at radius 3 is 2.71 bits per heavy atom. The first-order chi connectivity index (χ1) is 7.93. The largest absolute Gasteiger partial charge is 0.486 e. The summed E-state index contributed by atoms with van der Waals surface area (Å²) in [5.41, 5.74) is 0. The number of methoxy groups -OCH3 is 1. The van der Waals surface area contributed by atoms with Gasteiger partial charge in [0.1, 0.15) is 0 Å². The average Bonchev–Trinajstić information content (AvgIpc) is 2.57. The smallest absolute Gasteiger partial charge is 0.317 e. The molecule has 17 heavy (non-hydrogen) atoms. The molecule has 0 radical (unpaired) electrons. The molecule has 0 spiro atoms. The molecule has 6 heteroatoms. The highest BCUT2D eigenvalue weighted by atomic mass is 79.9. The van der Waals surface area contributed by atoms with Gasteiger partial charge in [-0.15, -0.1) is 11.3 Å². The van der Waals surface area contributed by atoms with Gasteiger partial charge in [-0.05, 0) is 35.8 Å². The highest BCUT2D eigenvalue weighted by Crippen LogP contribution is 2.35. The molecule has 0 saturated heterocycles. The zero-order chi connectivity index (χ0) is 13.0. The maximum atomic E-state index is 10.8. The van der Waals surface area contributed by atoms with Crippen LogP contribution in [0.3, 0.4) is 0 Å². The van der Waals surface area contributed by atoms with E-state index in [9.17, 15) is 4.79 Å². The van der Waals surface area contributed by atoms with E-state index >= 15 is 0 Å². The Kier molecular flexibility index (Phi) is 5.42. The van der Waals surface area contributed by atoms with Gasteiger partial charge in [0.05, 0.1) is 18.1 Å². The fourth-order valence-electron chi connectivity index (χ4n) is 1.41. The standard InChI is InChI=1S/C11H16BrNO3S/c1-7(2)13(6-10(14)15)5-8-4-9(12)11(16-3)17-8/h4,7H,5-6H2,1-3H3,(H,14,15). The van der Waals surface area contributed by atoms with Gasteiger partial charge in [0.2, 0.25) is 0 Å². The third kappa shape index (κ3) is 4.29. The van der Waals surface area contributed by atoms with Gasteiger partial charge in [-0.25, -0.2) is 0 Å². The summed E-state index contributed by atoms with van der Waals surface area (Å²) >= 11 is 4.93. The summed E-state index contributed by atoms with van der Waals surface area (Å²) in [6.45, 7) is 4.65. The van der Waals surface area contributed by atoms with Gasteiger partial charge in [-0.1, -0.05) is 0 Å². The van der Waals surface area contributed by atoms with Gasteiger partial charge >= 0.3 is 5.97 Å². The van der Waals surface area contributed by atoms with Gasteiger partial charge in [0, 0.05) is 17.5 Å². The van der Waals surface area contributed by atoms with E-state index in [1.54, 1.807) is 7.11 Å². The zero-order valence-corrected chi connectivity index (χ0v) is 12.5. The van der Waals surface area contributed by atoms with E-state index in [0.717, 1.165) is 14.4 Å². The van der Waals surface area contributed by atoms with E-state index in [0.29, 0.717) is 6.54 Å². The lowest BCUT2D eigenvalue weighted by atomic mass is 10.3. The van der Waals surface area contributed by atoms with Gasteiger partial charge in [0.15, 0.2) is 5.06 Å². The van der Waals surface area contributed by atoms with Crippen LogP contribution in [0.15, 0.2) is 10.5 Å². The van der Waals surface area contributed by atoms with E-state index < -0.39 is 5.97 Å². The quantitative estimate of drug-likeness (QED) is 0.875. The van der Waals surface area contributed by atoms with Crippen LogP contribution in [-0.4, -0.2) is 35.7 Å². The van der Waals surface area contributed by atoms with Crippen molar-refractivity contribution in [2.75, 3.05) is 13.7 Å². The molecule has 96 valence electrons. The summed E-state index contributed by atoms with van der Waals surface area (Å²) in [5, 5.41) is 9.66. The van der Waals surface area contributed by atoms with Crippen LogP contribution in [0.5, 0.6) is 5.06 Å². The molecular formula is C11H16BrNO3S. The Morgan fingerprint density at radius 2 is 2.29 bits per heavy atom. The number of rotatable bonds is 6. The zero-order valence-electron chi connectivity index (χ0n) is 10.1. The van der Waals surface area contributed by atoms with Crippen LogP contribution in [-0.2, 0) is 11.3 Å². The molecule has 0 aliphatic rings.